The molecule has 1 atom stereocenters. The zero-order valence-corrected chi connectivity index (χ0v) is 24.0. The molecule has 0 spiro atoms. The molecule has 2 heterocycles. The van der Waals surface area contributed by atoms with E-state index in [1.165, 1.54) is 28.0 Å². The van der Waals surface area contributed by atoms with Gasteiger partial charge in [-0.3, -0.25) is 9.36 Å². The Balaban J connectivity index is 1.33. The van der Waals surface area contributed by atoms with Gasteiger partial charge in [0.25, 0.3) is 5.56 Å². The van der Waals surface area contributed by atoms with E-state index in [0.717, 1.165) is 50.3 Å². The maximum absolute atomic E-state index is 14.0. The van der Waals surface area contributed by atoms with Crippen LogP contribution < -0.4 is 19.6 Å². The van der Waals surface area contributed by atoms with Crippen LogP contribution >= 0.6 is 27.3 Å². The summed E-state index contributed by atoms with van der Waals surface area (Å²) < 4.78 is 9.60. The Labute approximate surface area is 244 Å². The standard InChI is InChI=1S/C34H25BrN2O2S/c35-26-16-13-25(14-17-26)32-29-18-15-24-10-4-5-12-28(24)31(29)36-34-37(32)33(38)30(40-34)20-23-9-6-11-27(19-23)39-21-22-7-2-1-3-8-22/h1-14,16-17,19-20,32H,15,18,21H2/b30-20+/t32-/m1/s1. The molecule has 0 saturated carbocycles. The summed E-state index contributed by atoms with van der Waals surface area (Å²) in [5.74, 6) is 0.769. The van der Waals surface area contributed by atoms with Gasteiger partial charge in [0.1, 0.15) is 12.4 Å². The van der Waals surface area contributed by atoms with Crippen LogP contribution in [0.1, 0.15) is 40.3 Å². The number of hydrogen-bond donors (Lipinski definition) is 0. The summed E-state index contributed by atoms with van der Waals surface area (Å²) in [6.45, 7) is 0.493. The lowest BCUT2D eigenvalue weighted by atomic mass is 9.83. The van der Waals surface area contributed by atoms with Crippen molar-refractivity contribution in [2.75, 3.05) is 0 Å². The normalized spacial score (nSPS) is 16.1. The van der Waals surface area contributed by atoms with E-state index in [4.69, 9.17) is 9.73 Å². The Morgan fingerprint density at radius 1 is 0.925 bits per heavy atom. The van der Waals surface area contributed by atoms with Gasteiger partial charge in [-0.2, -0.15) is 0 Å². The third-order valence-electron chi connectivity index (χ3n) is 7.46. The number of aryl methyl sites for hydroxylation is 1. The SMILES string of the molecule is O=c1/c(=C\c2cccc(OCc3ccccc3)c2)sc2n1[C@H](c1ccc(Br)cc1)C1=C(N=2)c2ccccc2CC1. The van der Waals surface area contributed by atoms with Gasteiger partial charge in [-0.25, -0.2) is 4.99 Å². The molecule has 0 unspecified atom stereocenters. The highest BCUT2D eigenvalue weighted by Gasteiger charge is 2.32. The predicted molar refractivity (Wildman–Crippen MR) is 164 cm³/mol. The van der Waals surface area contributed by atoms with Crippen LogP contribution in [0.15, 0.2) is 123 Å². The van der Waals surface area contributed by atoms with E-state index >= 15 is 0 Å². The lowest BCUT2D eigenvalue weighted by molar-refractivity contribution is 0.306. The van der Waals surface area contributed by atoms with E-state index < -0.39 is 0 Å². The minimum absolute atomic E-state index is 0.0160. The molecule has 1 aromatic heterocycles. The minimum Gasteiger partial charge on any atom is -0.489 e. The Kier molecular flexibility index (Phi) is 6.58. The molecular weight excluding hydrogens is 580 g/mol. The predicted octanol–water partition coefficient (Wildman–Crippen LogP) is 6.66. The topological polar surface area (TPSA) is 43.6 Å². The quantitative estimate of drug-likeness (QED) is 0.225. The minimum atomic E-state index is -0.185. The summed E-state index contributed by atoms with van der Waals surface area (Å²) in [6.07, 6.45) is 3.77. The number of fused-ring (bicyclic) bond motifs is 3. The van der Waals surface area contributed by atoms with Crippen molar-refractivity contribution >= 4 is 39.0 Å². The molecule has 0 saturated heterocycles. The van der Waals surface area contributed by atoms with Gasteiger partial charge in [0.2, 0.25) is 0 Å². The number of rotatable bonds is 5. The molecule has 0 fully saturated rings. The Morgan fingerprint density at radius 2 is 1.73 bits per heavy atom. The van der Waals surface area contributed by atoms with Crippen LogP contribution in [0.2, 0.25) is 0 Å². The Bertz CT molecular complexity index is 1940. The molecule has 2 aliphatic rings. The second-order valence-corrected chi connectivity index (χ2v) is 11.9. The number of thiazole rings is 1. The van der Waals surface area contributed by atoms with Gasteiger partial charge >= 0.3 is 0 Å². The molecule has 0 bridgehead atoms. The third kappa shape index (κ3) is 4.67. The highest BCUT2D eigenvalue weighted by Crippen LogP contribution is 2.41. The first-order chi connectivity index (χ1) is 19.6. The van der Waals surface area contributed by atoms with Crippen LogP contribution in [-0.2, 0) is 13.0 Å². The number of aromatic nitrogens is 1. The maximum atomic E-state index is 14.0. The van der Waals surface area contributed by atoms with Crippen LogP contribution in [0.4, 0.5) is 0 Å². The van der Waals surface area contributed by atoms with Gasteiger partial charge in [0, 0.05) is 10.0 Å². The second-order valence-electron chi connectivity index (χ2n) is 10.0. The van der Waals surface area contributed by atoms with Gasteiger partial charge in [-0.05, 0) is 71.0 Å². The molecule has 1 aliphatic carbocycles. The van der Waals surface area contributed by atoms with Crippen LogP contribution in [0.5, 0.6) is 5.75 Å². The largest absolute Gasteiger partial charge is 0.489 e. The first kappa shape index (κ1) is 25.0. The smallest absolute Gasteiger partial charge is 0.271 e. The van der Waals surface area contributed by atoms with E-state index in [1.807, 2.05) is 77.4 Å². The van der Waals surface area contributed by atoms with Crippen molar-refractivity contribution in [1.29, 1.82) is 0 Å². The summed E-state index contributed by atoms with van der Waals surface area (Å²) in [5, 5.41) is 0. The van der Waals surface area contributed by atoms with Crippen molar-refractivity contribution in [3.63, 3.8) is 0 Å². The van der Waals surface area contributed by atoms with E-state index in [2.05, 4.69) is 52.3 Å². The van der Waals surface area contributed by atoms with Gasteiger partial charge in [0.05, 0.1) is 16.3 Å². The lowest BCUT2D eigenvalue weighted by Gasteiger charge is -2.30. The van der Waals surface area contributed by atoms with E-state index in [-0.39, 0.29) is 11.6 Å². The van der Waals surface area contributed by atoms with E-state index in [0.29, 0.717) is 11.1 Å². The molecule has 6 heteroatoms. The first-order valence-electron chi connectivity index (χ1n) is 13.3. The number of allylic oxidation sites excluding steroid dienone is 1. The summed E-state index contributed by atoms with van der Waals surface area (Å²) in [4.78, 5) is 19.8. The average Bonchev–Trinajstić information content (AvgIpc) is 3.30. The van der Waals surface area contributed by atoms with Gasteiger partial charge in [-0.15, -0.1) is 0 Å². The van der Waals surface area contributed by atoms with Crippen molar-refractivity contribution in [1.82, 2.24) is 4.57 Å². The zero-order valence-electron chi connectivity index (χ0n) is 21.6. The van der Waals surface area contributed by atoms with Crippen molar-refractivity contribution < 1.29 is 4.74 Å². The maximum Gasteiger partial charge on any atom is 0.271 e. The summed E-state index contributed by atoms with van der Waals surface area (Å²) in [6, 6.07) is 34.6. The van der Waals surface area contributed by atoms with Crippen LogP contribution in [0, 0.1) is 0 Å². The average molecular weight is 606 g/mol. The Morgan fingerprint density at radius 3 is 2.58 bits per heavy atom. The van der Waals surface area contributed by atoms with Crippen LogP contribution in [0.25, 0.3) is 11.8 Å². The monoisotopic (exact) mass is 604 g/mol. The van der Waals surface area contributed by atoms with Crippen molar-refractivity contribution in [3.8, 4) is 5.75 Å². The highest BCUT2D eigenvalue weighted by atomic mass is 79.9. The molecular formula is C34H25BrN2O2S. The van der Waals surface area contributed by atoms with Crippen LogP contribution in [-0.4, -0.2) is 4.57 Å². The zero-order chi connectivity index (χ0) is 27.1. The van der Waals surface area contributed by atoms with E-state index in [9.17, 15) is 4.79 Å². The Hall–Kier alpha value is -4.00. The second kappa shape index (κ2) is 10.5. The molecule has 0 amide bonds. The van der Waals surface area contributed by atoms with Crippen LogP contribution in [0.3, 0.4) is 0 Å². The van der Waals surface area contributed by atoms with Crippen molar-refractivity contribution in [3.05, 3.63) is 161 Å². The number of benzene rings is 4. The molecule has 4 aromatic carbocycles. The fourth-order valence-corrected chi connectivity index (χ4v) is 6.82. The highest BCUT2D eigenvalue weighted by molar-refractivity contribution is 9.10. The first-order valence-corrected chi connectivity index (χ1v) is 14.9. The molecule has 0 radical (unpaired) electrons. The molecule has 7 rings (SSSR count). The number of ether oxygens (including phenoxy) is 1. The molecule has 5 aromatic rings. The fourth-order valence-electron chi connectivity index (χ4n) is 5.55. The fraction of sp³-hybridized carbons (Fsp3) is 0.118. The van der Waals surface area contributed by atoms with Gasteiger partial charge in [-0.1, -0.05) is 106 Å². The van der Waals surface area contributed by atoms with Crippen molar-refractivity contribution in [2.24, 2.45) is 4.99 Å². The summed E-state index contributed by atoms with van der Waals surface area (Å²) in [7, 11) is 0. The third-order valence-corrected chi connectivity index (χ3v) is 8.97. The summed E-state index contributed by atoms with van der Waals surface area (Å²) >= 11 is 5.01. The van der Waals surface area contributed by atoms with Gasteiger partial charge in [0.15, 0.2) is 4.80 Å². The van der Waals surface area contributed by atoms with E-state index in [1.54, 1.807) is 0 Å². The number of hydrogen-bond acceptors (Lipinski definition) is 4. The van der Waals surface area contributed by atoms with Gasteiger partial charge < -0.3 is 4.74 Å². The molecule has 196 valence electrons. The number of halogens is 1. The number of nitrogens with zero attached hydrogens (tertiary/aromatic N) is 2. The molecule has 40 heavy (non-hydrogen) atoms. The molecule has 0 N–H and O–H groups in total. The van der Waals surface area contributed by atoms with Crippen molar-refractivity contribution in [2.45, 2.75) is 25.5 Å². The molecule has 4 nitrogen and oxygen atoms in total. The molecule has 1 aliphatic heterocycles. The summed E-state index contributed by atoms with van der Waals surface area (Å²) in [5.41, 5.74) is 7.81. The lowest BCUT2D eigenvalue weighted by Crippen LogP contribution is -2.38.